The van der Waals surface area contributed by atoms with E-state index in [1.165, 1.54) is 0 Å². The number of likely N-dealkylation sites (N-methyl/N-ethyl adjacent to an activating group) is 1. The van der Waals surface area contributed by atoms with Crippen molar-refractivity contribution in [2.45, 2.75) is 24.3 Å². The Bertz CT molecular complexity index is 832. The molecule has 7 nitrogen and oxygen atoms in total. The molecular weight excluding hydrogens is 328 g/mol. The van der Waals surface area contributed by atoms with E-state index in [-0.39, 0.29) is 24.1 Å². The lowest BCUT2D eigenvalue weighted by Crippen LogP contribution is -2.40. The maximum Gasteiger partial charge on any atom is 0.224 e. The first kappa shape index (κ1) is 16.7. The molecule has 0 unspecified atom stereocenters. The van der Waals surface area contributed by atoms with E-state index in [9.17, 15) is 13.2 Å². The number of carbonyl (C=O) groups is 1. The lowest BCUT2D eigenvalue weighted by Gasteiger charge is -2.25. The van der Waals surface area contributed by atoms with Crippen LogP contribution in [0, 0.1) is 0 Å². The van der Waals surface area contributed by atoms with Crippen LogP contribution in [0.5, 0.6) is 0 Å². The van der Waals surface area contributed by atoms with Crippen LogP contribution in [0.1, 0.15) is 23.7 Å². The average molecular weight is 348 g/mol. The van der Waals surface area contributed by atoms with Crippen LogP contribution in [-0.4, -0.2) is 42.1 Å². The summed E-state index contributed by atoms with van der Waals surface area (Å²) in [6.07, 6.45) is 1.78. The molecule has 0 saturated carbocycles. The summed E-state index contributed by atoms with van der Waals surface area (Å²) in [6.45, 7) is 0. The van der Waals surface area contributed by atoms with Crippen LogP contribution < -0.4 is 4.72 Å². The van der Waals surface area contributed by atoms with Gasteiger partial charge in [-0.1, -0.05) is 30.3 Å². The van der Waals surface area contributed by atoms with Crippen LogP contribution in [0.4, 0.5) is 0 Å². The van der Waals surface area contributed by atoms with Crippen molar-refractivity contribution >= 4 is 15.9 Å². The van der Waals surface area contributed by atoms with Crippen LogP contribution in [-0.2, 0) is 27.6 Å². The number of sulfonamides is 1. The molecule has 128 valence electrons. The SMILES string of the molecule is CN1C(=O)C[C@@H](NS(=O)(=O)Cc2ccccc2)[C@@H]1c1ccnn1C. The number of amides is 1. The van der Waals surface area contributed by atoms with Gasteiger partial charge in [0.15, 0.2) is 0 Å². The molecule has 0 bridgehead atoms. The Balaban J connectivity index is 1.82. The number of rotatable bonds is 5. The second-order valence-electron chi connectivity index (χ2n) is 6.00. The summed E-state index contributed by atoms with van der Waals surface area (Å²) in [5.41, 5.74) is 1.51. The van der Waals surface area contributed by atoms with Gasteiger partial charge in [-0.15, -0.1) is 0 Å². The number of aryl methyl sites for hydroxylation is 1. The fourth-order valence-corrected chi connectivity index (χ4v) is 4.51. The summed E-state index contributed by atoms with van der Waals surface area (Å²) in [4.78, 5) is 13.7. The predicted octanol–water partition coefficient (Wildman–Crippen LogP) is 0.811. The number of nitrogens with zero attached hydrogens (tertiary/aromatic N) is 3. The molecule has 0 radical (unpaired) electrons. The van der Waals surface area contributed by atoms with Gasteiger partial charge in [0.25, 0.3) is 0 Å². The number of hydrogen-bond acceptors (Lipinski definition) is 4. The molecule has 3 rings (SSSR count). The first-order chi connectivity index (χ1) is 11.4. The molecule has 1 fully saturated rings. The monoisotopic (exact) mass is 348 g/mol. The first-order valence-corrected chi connectivity index (χ1v) is 9.30. The van der Waals surface area contributed by atoms with E-state index >= 15 is 0 Å². The van der Waals surface area contributed by atoms with Crippen molar-refractivity contribution in [3.8, 4) is 0 Å². The zero-order valence-electron chi connectivity index (χ0n) is 13.6. The second kappa shape index (κ2) is 6.37. The van der Waals surface area contributed by atoms with Gasteiger partial charge in [-0.25, -0.2) is 13.1 Å². The third-order valence-corrected chi connectivity index (χ3v) is 5.65. The third kappa shape index (κ3) is 3.34. The van der Waals surface area contributed by atoms with Crippen molar-refractivity contribution in [3.05, 3.63) is 53.9 Å². The van der Waals surface area contributed by atoms with E-state index in [0.717, 1.165) is 5.69 Å². The van der Waals surface area contributed by atoms with E-state index in [0.29, 0.717) is 5.56 Å². The van der Waals surface area contributed by atoms with Crippen LogP contribution >= 0.6 is 0 Å². The maximum atomic E-state index is 12.5. The van der Waals surface area contributed by atoms with Gasteiger partial charge in [-0.05, 0) is 11.6 Å². The Hall–Kier alpha value is -2.19. The van der Waals surface area contributed by atoms with Gasteiger partial charge >= 0.3 is 0 Å². The molecule has 1 aliphatic heterocycles. The number of likely N-dealkylation sites (tertiary alicyclic amines) is 1. The summed E-state index contributed by atoms with van der Waals surface area (Å²) < 4.78 is 29.4. The highest BCUT2D eigenvalue weighted by atomic mass is 32.2. The van der Waals surface area contributed by atoms with Gasteiger partial charge in [0.1, 0.15) is 0 Å². The topological polar surface area (TPSA) is 84.3 Å². The van der Waals surface area contributed by atoms with E-state index in [4.69, 9.17) is 0 Å². The third-order valence-electron chi connectivity index (χ3n) is 4.28. The Labute approximate surface area is 141 Å². The van der Waals surface area contributed by atoms with E-state index in [2.05, 4.69) is 9.82 Å². The highest BCUT2D eigenvalue weighted by Crippen LogP contribution is 2.32. The fraction of sp³-hybridized carbons (Fsp3) is 0.375. The second-order valence-corrected chi connectivity index (χ2v) is 7.76. The Kier molecular flexibility index (Phi) is 4.42. The number of aromatic nitrogens is 2. The van der Waals surface area contributed by atoms with Crippen LogP contribution in [0.25, 0.3) is 0 Å². The summed E-state index contributed by atoms with van der Waals surface area (Å²) >= 11 is 0. The average Bonchev–Trinajstić information content (AvgIpc) is 3.03. The number of nitrogens with one attached hydrogen (secondary N) is 1. The molecule has 0 aliphatic carbocycles. The van der Waals surface area contributed by atoms with E-state index in [1.54, 1.807) is 60.2 Å². The van der Waals surface area contributed by atoms with Gasteiger partial charge < -0.3 is 4.90 Å². The summed E-state index contributed by atoms with van der Waals surface area (Å²) in [5, 5.41) is 4.12. The maximum absolute atomic E-state index is 12.5. The molecule has 2 atom stereocenters. The van der Waals surface area contributed by atoms with Gasteiger partial charge in [-0.3, -0.25) is 9.48 Å². The molecule has 1 N–H and O–H groups in total. The zero-order valence-corrected chi connectivity index (χ0v) is 14.4. The first-order valence-electron chi connectivity index (χ1n) is 7.65. The minimum absolute atomic E-state index is 0.0892. The number of hydrogen-bond donors (Lipinski definition) is 1. The highest BCUT2D eigenvalue weighted by molar-refractivity contribution is 7.88. The van der Waals surface area contributed by atoms with Crippen molar-refractivity contribution in [3.63, 3.8) is 0 Å². The quantitative estimate of drug-likeness (QED) is 0.867. The Morgan fingerprint density at radius 1 is 1.21 bits per heavy atom. The molecular formula is C16H20N4O3S. The van der Waals surface area contributed by atoms with Gasteiger partial charge in [0.2, 0.25) is 15.9 Å². The highest BCUT2D eigenvalue weighted by Gasteiger charge is 2.41. The standard InChI is InChI=1S/C16H20N4O3S/c1-19-15(21)10-13(16(19)14-8-9-17-20(14)2)18-24(22,23)11-12-6-4-3-5-7-12/h3-9,13,16,18H,10-11H2,1-2H3/t13-,16-/m1/s1. The van der Waals surface area contributed by atoms with Crippen molar-refractivity contribution in [2.75, 3.05) is 7.05 Å². The predicted molar refractivity (Wildman–Crippen MR) is 89.3 cm³/mol. The summed E-state index contributed by atoms with van der Waals surface area (Å²) in [6, 6.07) is 9.91. The molecule has 1 aromatic carbocycles. The molecule has 1 aromatic heterocycles. The molecule has 8 heteroatoms. The van der Waals surface area contributed by atoms with Crippen LogP contribution in [0.2, 0.25) is 0 Å². The molecule has 1 aliphatic rings. The van der Waals surface area contributed by atoms with Crippen LogP contribution in [0.15, 0.2) is 42.6 Å². The van der Waals surface area contributed by atoms with Gasteiger partial charge in [0, 0.05) is 26.7 Å². The summed E-state index contributed by atoms with van der Waals surface area (Å²) in [5.74, 6) is -0.200. The lowest BCUT2D eigenvalue weighted by atomic mass is 10.1. The minimum Gasteiger partial charge on any atom is -0.335 e. The van der Waals surface area contributed by atoms with Gasteiger partial charge in [0.05, 0.1) is 23.5 Å². The van der Waals surface area contributed by atoms with Gasteiger partial charge in [-0.2, -0.15) is 5.10 Å². The fourth-order valence-electron chi connectivity index (χ4n) is 3.12. The van der Waals surface area contributed by atoms with Crippen molar-refractivity contribution in [2.24, 2.45) is 7.05 Å². The molecule has 1 saturated heterocycles. The Morgan fingerprint density at radius 3 is 2.54 bits per heavy atom. The van der Waals surface area contributed by atoms with Crippen molar-refractivity contribution in [1.29, 1.82) is 0 Å². The Morgan fingerprint density at radius 2 is 1.92 bits per heavy atom. The molecule has 2 aromatic rings. The van der Waals surface area contributed by atoms with Crippen molar-refractivity contribution < 1.29 is 13.2 Å². The molecule has 1 amide bonds. The number of carbonyl (C=O) groups excluding carboxylic acids is 1. The molecule has 2 heterocycles. The molecule has 0 spiro atoms. The smallest absolute Gasteiger partial charge is 0.224 e. The van der Waals surface area contributed by atoms with E-state index in [1.807, 2.05) is 6.07 Å². The summed E-state index contributed by atoms with van der Waals surface area (Å²) in [7, 11) is -0.0950. The largest absolute Gasteiger partial charge is 0.335 e. The molecule has 24 heavy (non-hydrogen) atoms. The van der Waals surface area contributed by atoms with E-state index < -0.39 is 16.1 Å². The lowest BCUT2D eigenvalue weighted by molar-refractivity contribution is -0.127. The van der Waals surface area contributed by atoms with Crippen molar-refractivity contribution in [1.82, 2.24) is 19.4 Å². The normalized spacial score (nSPS) is 21.4. The minimum atomic E-state index is -3.56. The zero-order chi connectivity index (χ0) is 17.3. The number of benzene rings is 1. The van der Waals surface area contributed by atoms with Crippen LogP contribution in [0.3, 0.4) is 0 Å².